The SMILES string of the molecule is COc1ccc2c(c1)C(N1CCN(C(=O)c3ccccc3F)CC1)=Nc1cc(C(F)(F)F)ccc1O2. The number of halogens is 4. The summed E-state index contributed by atoms with van der Waals surface area (Å²) in [5.41, 5.74) is -0.250. The zero-order valence-corrected chi connectivity index (χ0v) is 19.2. The molecule has 0 saturated carbocycles. The number of rotatable bonds is 2. The number of hydrogen-bond donors (Lipinski definition) is 0. The lowest BCUT2D eigenvalue weighted by molar-refractivity contribution is -0.137. The monoisotopic (exact) mass is 499 g/mol. The van der Waals surface area contributed by atoms with Gasteiger partial charge in [0, 0.05) is 26.2 Å². The molecule has 1 amide bonds. The van der Waals surface area contributed by atoms with Crippen molar-refractivity contribution in [2.24, 2.45) is 4.99 Å². The first-order valence-electron chi connectivity index (χ1n) is 11.2. The molecule has 2 aliphatic rings. The standard InChI is InChI=1S/C26H21F4N3O3/c1-35-17-7-9-22-19(15-17)24(31-21-14-16(26(28,29)30)6-8-23(21)36-22)32-10-12-33(13-11-32)25(34)18-4-2-3-5-20(18)27/h2-9,14-15H,10-13H2,1H3. The van der Waals surface area contributed by atoms with Crippen molar-refractivity contribution in [1.29, 1.82) is 0 Å². The predicted octanol–water partition coefficient (Wildman–Crippen LogP) is 5.50. The highest BCUT2D eigenvalue weighted by molar-refractivity contribution is 6.04. The lowest BCUT2D eigenvalue weighted by Crippen LogP contribution is -2.51. The van der Waals surface area contributed by atoms with Crippen molar-refractivity contribution in [2.45, 2.75) is 6.18 Å². The van der Waals surface area contributed by atoms with Crippen molar-refractivity contribution >= 4 is 17.4 Å². The van der Waals surface area contributed by atoms with Crippen LogP contribution in [0.3, 0.4) is 0 Å². The molecule has 1 saturated heterocycles. The van der Waals surface area contributed by atoms with Gasteiger partial charge in [-0.25, -0.2) is 9.38 Å². The molecule has 1 fully saturated rings. The Hall–Kier alpha value is -4.08. The summed E-state index contributed by atoms with van der Waals surface area (Å²) in [7, 11) is 1.51. The first-order valence-corrected chi connectivity index (χ1v) is 11.2. The number of piperazine rings is 1. The average Bonchev–Trinajstić information content (AvgIpc) is 3.04. The first-order chi connectivity index (χ1) is 17.2. The van der Waals surface area contributed by atoms with E-state index in [9.17, 15) is 22.4 Å². The van der Waals surface area contributed by atoms with E-state index in [1.807, 2.05) is 4.90 Å². The molecule has 2 aliphatic heterocycles. The number of aliphatic imine (C=N–C) groups is 1. The molecular weight excluding hydrogens is 478 g/mol. The van der Waals surface area contributed by atoms with Crippen LogP contribution in [0.1, 0.15) is 21.5 Å². The van der Waals surface area contributed by atoms with Gasteiger partial charge in [-0.1, -0.05) is 12.1 Å². The Morgan fingerprint density at radius 1 is 0.972 bits per heavy atom. The smallest absolute Gasteiger partial charge is 0.416 e. The Labute approximate surface area is 204 Å². The van der Waals surface area contributed by atoms with Crippen LogP contribution >= 0.6 is 0 Å². The normalized spacial score (nSPS) is 15.3. The lowest BCUT2D eigenvalue weighted by Gasteiger charge is -2.36. The molecule has 3 aromatic rings. The topological polar surface area (TPSA) is 54.4 Å². The molecule has 0 aromatic heterocycles. The van der Waals surface area contributed by atoms with Gasteiger partial charge in [-0.05, 0) is 48.5 Å². The number of alkyl halides is 3. The molecule has 0 atom stereocenters. The van der Waals surface area contributed by atoms with Crippen molar-refractivity contribution in [3.05, 3.63) is 83.2 Å². The Kier molecular flexibility index (Phi) is 6.03. The van der Waals surface area contributed by atoms with Crippen molar-refractivity contribution < 1.29 is 31.8 Å². The highest BCUT2D eigenvalue weighted by Crippen LogP contribution is 2.42. The van der Waals surface area contributed by atoms with Gasteiger partial charge >= 0.3 is 6.18 Å². The molecular formula is C26H21F4N3O3. The van der Waals surface area contributed by atoms with Crippen molar-refractivity contribution in [1.82, 2.24) is 9.80 Å². The Morgan fingerprint density at radius 2 is 1.69 bits per heavy atom. The number of fused-ring (bicyclic) bond motifs is 2. The van der Waals surface area contributed by atoms with Gasteiger partial charge in [-0.15, -0.1) is 0 Å². The molecule has 36 heavy (non-hydrogen) atoms. The number of methoxy groups -OCH3 is 1. The summed E-state index contributed by atoms with van der Waals surface area (Å²) in [5.74, 6) is 0.533. The summed E-state index contributed by atoms with van der Waals surface area (Å²) in [6.07, 6.45) is -4.54. The van der Waals surface area contributed by atoms with E-state index < -0.39 is 23.5 Å². The third-order valence-electron chi connectivity index (χ3n) is 6.13. The second kappa shape index (κ2) is 9.18. The van der Waals surface area contributed by atoms with Crippen molar-refractivity contribution in [3.8, 4) is 17.2 Å². The van der Waals surface area contributed by atoms with E-state index in [1.54, 1.807) is 29.2 Å². The second-order valence-electron chi connectivity index (χ2n) is 8.34. The Morgan fingerprint density at radius 3 is 2.39 bits per heavy atom. The van der Waals surface area contributed by atoms with Gasteiger partial charge in [0.2, 0.25) is 0 Å². The van der Waals surface area contributed by atoms with Crippen LogP contribution in [0.2, 0.25) is 0 Å². The molecule has 5 rings (SSSR count). The third-order valence-corrected chi connectivity index (χ3v) is 6.13. The second-order valence-corrected chi connectivity index (χ2v) is 8.34. The van der Waals surface area contributed by atoms with Crippen LogP contribution in [0, 0.1) is 5.82 Å². The number of amidine groups is 1. The van der Waals surface area contributed by atoms with E-state index in [1.165, 1.54) is 31.4 Å². The quantitative estimate of drug-likeness (QED) is 0.438. The fourth-order valence-corrected chi connectivity index (χ4v) is 4.23. The van der Waals surface area contributed by atoms with Gasteiger partial charge in [0.05, 0.1) is 23.8 Å². The van der Waals surface area contributed by atoms with Crippen LogP contribution in [-0.4, -0.2) is 54.8 Å². The summed E-state index contributed by atoms with van der Waals surface area (Å²) in [4.78, 5) is 20.8. The molecule has 0 N–H and O–H groups in total. The summed E-state index contributed by atoms with van der Waals surface area (Å²) in [6, 6.07) is 14.0. The molecule has 10 heteroatoms. The zero-order valence-electron chi connectivity index (χ0n) is 19.2. The summed E-state index contributed by atoms with van der Waals surface area (Å²) < 4.78 is 65.5. The van der Waals surface area contributed by atoms with Crippen molar-refractivity contribution in [3.63, 3.8) is 0 Å². The number of carbonyl (C=O) groups is 1. The van der Waals surface area contributed by atoms with Crippen LogP contribution in [0.5, 0.6) is 17.2 Å². The molecule has 0 aliphatic carbocycles. The number of ether oxygens (including phenoxy) is 2. The summed E-state index contributed by atoms with van der Waals surface area (Å²) >= 11 is 0. The van der Waals surface area contributed by atoms with Gasteiger partial charge in [-0.3, -0.25) is 4.79 Å². The molecule has 0 unspecified atom stereocenters. The molecule has 3 aromatic carbocycles. The molecule has 6 nitrogen and oxygen atoms in total. The minimum absolute atomic E-state index is 0.00477. The lowest BCUT2D eigenvalue weighted by atomic mass is 10.1. The number of nitrogens with zero attached hydrogens (tertiary/aromatic N) is 3. The zero-order chi connectivity index (χ0) is 25.4. The number of hydrogen-bond acceptors (Lipinski definition) is 5. The number of amides is 1. The van der Waals surface area contributed by atoms with Gasteiger partial charge in [0.25, 0.3) is 5.91 Å². The molecule has 0 bridgehead atoms. The molecule has 2 heterocycles. The summed E-state index contributed by atoms with van der Waals surface area (Å²) in [6.45, 7) is 1.23. The predicted molar refractivity (Wildman–Crippen MR) is 125 cm³/mol. The Balaban J connectivity index is 1.49. The first kappa shape index (κ1) is 23.7. The van der Waals surface area contributed by atoms with Gasteiger partial charge in [0.1, 0.15) is 28.8 Å². The third kappa shape index (κ3) is 4.46. The average molecular weight is 499 g/mol. The highest BCUT2D eigenvalue weighted by Gasteiger charge is 2.33. The van der Waals surface area contributed by atoms with Gasteiger partial charge < -0.3 is 19.3 Å². The highest BCUT2D eigenvalue weighted by atomic mass is 19.4. The van der Waals surface area contributed by atoms with Crippen molar-refractivity contribution in [2.75, 3.05) is 33.3 Å². The van der Waals surface area contributed by atoms with Gasteiger partial charge in [-0.2, -0.15) is 13.2 Å². The fourth-order valence-electron chi connectivity index (χ4n) is 4.23. The molecule has 0 radical (unpaired) electrons. The number of carbonyl (C=O) groups excluding carboxylic acids is 1. The minimum atomic E-state index is -4.54. The van der Waals surface area contributed by atoms with Gasteiger partial charge in [0.15, 0.2) is 5.75 Å². The maximum atomic E-state index is 14.1. The maximum Gasteiger partial charge on any atom is 0.416 e. The van der Waals surface area contributed by atoms with Crippen LogP contribution in [0.15, 0.2) is 65.7 Å². The minimum Gasteiger partial charge on any atom is -0.497 e. The molecule has 0 spiro atoms. The maximum absolute atomic E-state index is 14.1. The summed E-state index contributed by atoms with van der Waals surface area (Å²) in [5, 5.41) is 0. The largest absolute Gasteiger partial charge is 0.497 e. The van der Waals surface area contributed by atoms with Crippen LogP contribution in [-0.2, 0) is 6.18 Å². The van der Waals surface area contributed by atoms with Crippen LogP contribution < -0.4 is 9.47 Å². The van der Waals surface area contributed by atoms with E-state index in [0.29, 0.717) is 36.0 Å². The number of benzene rings is 3. The molecule has 186 valence electrons. The van der Waals surface area contributed by atoms with Crippen LogP contribution in [0.25, 0.3) is 0 Å². The van der Waals surface area contributed by atoms with E-state index in [2.05, 4.69) is 4.99 Å². The fraction of sp³-hybridized carbons (Fsp3) is 0.231. The van der Waals surface area contributed by atoms with E-state index in [4.69, 9.17) is 9.47 Å². The Bertz CT molecular complexity index is 1350. The van der Waals surface area contributed by atoms with Crippen LogP contribution in [0.4, 0.5) is 23.2 Å². The van der Waals surface area contributed by atoms with E-state index in [0.717, 1.165) is 12.1 Å². The van der Waals surface area contributed by atoms with E-state index in [-0.39, 0.29) is 30.1 Å². The van der Waals surface area contributed by atoms with E-state index >= 15 is 0 Å².